The van der Waals surface area contributed by atoms with E-state index in [0.717, 1.165) is 13.1 Å². The van der Waals surface area contributed by atoms with Crippen molar-refractivity contribution in [3.05, 3.63) is 29.7 Å². The van der Waals surface area contributed by atoms with Crippen LogP contribution < -0.4 is 0 Å². The van der Waals surface area contributed by atoms with Crippen molar-refractivity contribution in [2.75, 3.05) is 13.1 Å². The van der Waals surface area contributed by atoms with Crippen LogP contribution in [0.3, 0.4) is 0 Å². The minimum atomic E-state index is -0.986. The van der Waals surface area contributed by atoms with E-state index < -0.39 is 5.97 Å². The Kier molecular flexibility index (Phi) is 3.16. The highest BCUT2D eigenvalue weighted by Crippen LogP contribution is 2.12. The lowest BCUT2D eigenvalue weighted by Crippen LogP contribution is -2.29. The number of carboxylic acid groups (broad SMARTS) is 1. The third-order valence-corrected chi connectivity index (χ3v) is 3.44. The number of nitrogens with zero attached hydrogens (tertiary/aromatic N) is 4. The summed E-state index contributed by atoms with van der Waals surface area (Å²) in [6, 6.07) is 5.01. The molecule has 3 rings (SSSR count). The minimum Gasteiger partial charge on any atom is -0.477 e. The molecule has 0 spiro atoms. The zero-order chi connectivity index (χ0) is 13.2. The summed E-state index contributed by atoms with van der Waals surface area (Å²) in [6.07, 6.45) is 3.72. The Bertz CT molecular complexity index is 602. The Balaban J connectivity index is 1.88. The highest BCUT2D eigenvalue weighted by Gasteiger charge is 2.15. The zero-order valence-electron chi connectivity index (χ0n) is 10.6. The number of carboxylic acids is 1. The summed E-state index contributed by atoms with van der Waals surface area (Å²) in [5, 5.41) is 13.4. The van der Waals surface area contributed by atoms with Crippen LogP contribution >= 0.6 is 0 Å². The second-order valence-corrected chi connectivity index (χ2v) is 4.85. The molecule has 0 bridgehead atoms. The second kappa shape index (κ2) is 4.97. The number of piperidine rings is 1. The van der Waals surface area contributed by atoms with Gasteiger partial charge in [-0.3, -0.25) is 4.90 Å². The number of fused-ring (bicyclic) bond motifs is 1. The average molecular weight is 260 g/mol. The fourth-order valence-electron chi connectivity index (χ4n) is 2.50. The van der Waals surface area contributed by atoms with Crippen molar-refractivity contribution in [3.63, 3.8) is 0 Å². The number of likely N-dealkylation sites (tertiary alicyclic amines) is 1. The van der Waals surface area contributed by atoms with Crippen molar-refractivity contribution in [1.82, 2.24) is 19.5 Å². The molecule has 1 fully saturated rings. The van der Waals surface area contributed by atoms with E-state index in [2.05, 4.69) is 15.0 Å². The average Bonchev–Trinajstić information content (AvgIpc) is 2.81. The van der Waals surface area contributed by atoms with Gasteiger partial charge in [0, 0.05) is 0 Å². The molecule has 0 saturated carbocycles. The third-order valence-electron chi connectivity index (χ3n) is 3.44. The Morgan fingerprint density at radius 3 is 2.79 bits per heavy atom. The Labute approximate surface area is 110 Å². The van der Waals surface area contributed by atoms with Crippen molar-refractivity contribution in [3.8, 4) is 0 Å². The Morgan fingerprint density at radius 2 is 2.05 bits per heavy atom. The molecule has 2 aromatic heterocycles. The molecule has 2 aromatic rings. The van der Waals surface area contributed by atoms with Gasteiger partial charge in [-0.1, -0.05) is 12.5 Å². The molecular formula is C13H16N4O2. The van der Waals surface area contributed by atoms with Crippen molar-refractivity contribution in [2.45, 2.75) is 25.8 Å². The van der Waals surface area contributed by atoms with E-state index in [4.69, 9.17) is 5.11 Å². The van der Waals surface area contributed by atoms with Crippen LogP contribution in [0.2, 0.25) is 0 Å². The summed E-state index contributed by atoms with van der Waals surface area (Å²) in [5.41, 5.74) is 0.738. The van der Waals surface area contributed by atoms with Gasteiger partial charge in [0.2, 0.25) is 0 Å². The summed E-state index contributed by atoms with van der Waals surface area (Å²) in [7, 11) is 0. The van der Waals surface area contributed by atoms with Gasteiger partial charge >= 0.3 is 5.97 Å². The van der Waals surface area contributed by atoms with Gasteiger partial charge in [-0.2, -0.15) is 0 Å². The largest absolute Gasteiger partial charge is 0.477 e. The standard InChI is InChI=1S/C13H16N4O2/c18-13(19)10-5-4-6-12-14-11(15-17(10)12)9-16-7-2-1-3-8-16/h4-6H,1-3,7-9H2,(H,18,19). The van der Waals surface area contributed by atoms with Crippen LogP contribution in [0.25, 0.3) is 5.65 Å². The molecule has 1 aliphatic rings. The number of carbonyl (C=O) groups is 1. The van der Waals surface area contributed by atoms with Gasteiger partial charge < -0.3 is 5.11 Å². The van der Waals surface area contributed by atoms with Gasteiger partial charge in [0.05, 0.1) is 6.54 Å². The van der Waals surface area contributed by atoms with Gasteiger partial charge in [0.25, 0.3) is 0 Å². The van der Waals surface area contributed by atoms with Gasteiger partial charge in [0.15, 0.2) is 17.2 Å². The summed E-state index contributed by atoms with van der Waals surface area (Å²) in [4.78, 5) is 17.8. The molecule has 100 valence electrons. The molecule has 6 heteroatoms. The topological polar surface area (TPSA) is 70.7 Å². The molecular weight excluding hydrogens is 244 g/mol. The number of aromatic nitrogens is 3. The number of aromatic carboxylic acids is 1. The monoisotopic (exact) mass is 260 g/mol. The fraction of sp³-hybridized carbons (Fsp3) is 0.462. The molecule has 0 atom stereocenters. The summed E-state index contributed by atoms with van der Waals surface area (Å²) >= 11 is 0. The quantitative estimate of drug-likeness (QED) is 0.903. The number of rotatable bonds is 3. The predicted molar refractivity (Wildman–Crippen MR) is 69.1 cm³/mol. The Morgan fingerprint density at radius 1 is 1.26 bits per heavy atom. The highest BCUT2D eigenvalue weighted by molar-refractivity contribution is 5.86. The molecule has 1 N–H and O–H groups in total. The molecule has 1 saturated heterocycles. The zero-order valence-corrected chi connectivity index (χ0v) is 10.6. The number of pyridine rings is 1. The van der Waals surface area contributed by atoms with Crippen molar-refractivity contribution in [1.29, 1.82) is 0 Å². The molecule has 0 radical (unpaired) electrons. The van der Waals surface area contributed by atoms with E-state index in [-0.39, 0.29) is 5.69 Å². The molecule has 0 aliphatic carbocycles. The molecule has 3 heterocycles. The van der Waals surface area contributed by atoms with Crippen LogP contribution in [-0.4, -0.2) is 43.7 Å². The number of hydrogen-bond donors (Lipinski definition) is 1. The first-order valence-corrected chi connectivity index (χ1v) is 6.54. The maximum absolute atomic E-state index is 11.1. The lowest BCUT2D eigenvalue weighted by molar-refractivity contribution is 0.0687. The Hall–Kier alpha value is -1.95. The smallest absolute Gasteiger partial charge is 0.354 e. The van der Waals surface area contributed by atoms with Crippen molar-refractivity contribution in [2.24, 2.45) is 0 Å². The first-order valence-electron chi connectivity index (χ1n) is 6.54. The maximum atomic E-state index is 11.1. The molecule has 0 aromatic carbocycles. The second-order valence-electron chi connectivity index (χ2n) is 4.85. The summed E-state index contributed by atoms with van der Waals surface area (Å²) < 4.78 is 1.40. The SMILES string of the molecule is O=C(O)c1cccc2nc(CN3CCCCC3)nn12. The lowest BCUT2D eigenvalue weighted by atomic mass is 10.1. The lowest BCUT2D eigenvalue weighted by Gasteiger charge is -2.24. The summed E-state index contributed by atoms with van der Waals surface area (Å²) in [5.74, 6) is -0.296. The van der Waals surface area contributed by atoms with Gasteiger partial charge in [0.1, 0.15) is 0 Å². The third kappa shape index (κ3) is 2.44. The molecule has 19 heavy (non-hydrogen) atoms. The minimum absolute atomic E-state index is 0.148. The molecule has 0 amide bonds. The van der Waals surface area contributed by atoms with Crippen molar-refractivity contribution >= 4 is 11.6 Å². The van der Waals surface area contributed by atoms with Crippen molar-refractivity contribution < 1.29 is 9.90 Å². The fourth-order valence-corrected chi connectivity index (χ4v) is 2.50. The first kappa shape index (κ1) is 12.1. The molecule has 1 aliphatic heterocycles. The van der Waals surface area contributed by atoms with Crippen LogP contribution in [0.1, 0.15) is 35.6 Å². The van der Waals surface area contributed by atoms with Crippen LogP contribution in [-0.2, 0) is 6.54 Å². The summed E-state index contributed by atoms with van der Waals surface area (Å²) in [6.45, 7) is 2.84. The van der Waals surface area contributed by atoms with Crippen LogP contribution in [0.4, 0.5) is 0 Å². The van der Waals surface area contributed by atoms with Gasteiger partial charge in [-0.05, 0) is 38.1 Å². The predicted octanol–water partition coefficient (Wildman–Crippen LogP) is 1.41. The first-order chi connectivity index (χ1) is 9.24. The van der Waals surface area contributed by atoms with Crippen LogP contribution in [0.15, 0.2) is 18.2 Å². The highest BCUT2D eigenvalue weighted by atomic mass is 16.4. The molecule has 0 unspecified atom stereocenters. The van der Waals surface area contributed by atoms with Gasteiger partial charge in [-0.15, -0.1) is 5.10 Å². The molecule has 6 nitrogen and oxygen atoms in total. The van der Waals surface area contributed by atoms with Gasteiger partial charge in [-0.25, -0.2) is 14.3 Å². The number of hydrogen-bond acceptors (Lipinski definition) is 4. The van der Waals surface area contributed by atoms with E-state index in [9.17, 15) is 4.79 Å². The van der Waals surface area contributed by atoms with E-state index >= 15 is 0 Å². The maximum Gasteiger partial charge on any atom is 0.354 e. The van der Waals surface area contributed by atoms with E-state index in [0.29, 0.717) is 18.0 Å². The van der Waals surface area contributed by atoms with Crippen LogP contribution in [0.5, 0.6) is 0 Å². The van der Waals surface area contributed by atoms with E-state index in [1.807, 2.05) is 0 Å². The normalized spacial score (nSPS) is 16.8. The van der Waals surface area contributed by atoms with E-state index in [1.165, 1.54) is 29.8 Å². The van der Waals surface area contributed by atoms with Crippen LogP contribution in [0, 0.1) is 0 Å². The van der Waals surface area contributed by atoms with E-state index in [1.54, 1.807) is 12.1 Å².